The molecular formula is C14H17ClN2O2. The van der Waals surface area contributed by atoms with Crippen molar-refractivity contribution >= 4 is 23.4 Å². The highest BCUT2D eigenvalue weighted by molar-refractivity contribution is 6.17. The van der Waals surface area contributed by atoms with E-state index in [1.165, 1.54) is 18.2 Å². The molecule has 1 aliphatic rings. The molecule has 0 aliphatic carbocycles. The van der Waals surface area contributed by atoms with Crippen molar-refractivity contribution in [2.45, 2.75) is 19.8 Å². The minimum absolute atomic E-state index is 0.164. The van der Waals surface area contributed by atoms with Crippen molar-refractivity contribution in [1.29, 1.82) is 0 Å². The van der Waals surface area contributed by atoms with E-state index in [0.717, 1.165) is 31.5 Å². The number of nitro groups is 1. The highest BCUT2D eigenvalue weighted by Gasteiger charge is 2.18. The summed E-state index contributed by atoms with van der Waals surface area (Å²) in [6, 6.07) is 6.03. The van der Waals surface area contributed by atoms with Crippen LogP contribution in [0.3, 0.4) is 0 Å². The van der Waals surface area contributed by atoms with Gasteiger partial charge in [0.15, 0.2) is 0 Å². The van der Waals surface area contributed by atoms with Crippen molar-refractivity contribution in [3.05, 3.63) is 45.1 Å². The topological polar surface area (TPSA) is 46.4 Å². The molecule has 1 aromatic carbocycles. The molecule has 0 bridgehead atoms. The summed E-state index contributed by atoms with van der Waals surface area (Å²) < 4.78 is 0. The fraction of sp³-hybridized carbons (Fsp3) is 0.429. The van der Waals surface area contributed by atoms with Gasteiger partial charge < -0.3 is 4.90 Å². The van der Waals surface area contributed by atoms with Gasteiger partial charge in [-0.25, -0.2) is 0 Å². The molecule has 1 heterocycles. The Labute approximate surface area is 117 Å². The second-order valence-corrected chi connectivity index (χ2v) is 5.09. The summed E-state index contributed by atoms with van der Waals surface area (Å²) in [4.78, 5) is 12.6. The van der Waals surface area contributed by atoms with E-state index in [2.05, 4.69) is 11.0 Å². The fourth-order valence-corrected chi connectivity index (χ4v) is 2.48. The fourth-order valence-electron chi connectivity index (χ4n) is 2.36. The van der Waals surface area contributed by atoms with Crippen molar-refractivity contribution in [1.82, 2.24) is 0 Å². The number of alkyl halides is 1. The number of allylic oxidation sites excluding steroid dienone is 1. The Morgan fingerprint density at radius 1 is 1.58 bits per heavy atom. The van der Waals surface area contributed by atoms with Gasteiger partial charge in [0.05, 0.1) is 4.92 Å². The molecule has 1 aliphatic heterocycles. The molecule has 5 heteroatoms. The summed E-state index contributed by atoms with van der Waals surface area (Å²) in [5.74, 6) is 0.675. The third-order valence-electron chi connectivity index (χ3n) is 3.32. The lowest BCUT2D eigenvalue weighted by Gasteiger charge is -2.18. The Bertz CT molecular complexity index is 514. The molecule has 2 rings (SSSR count). The number of halogens is 1. The average Bonchev–Trinajstić information content (AvgIpc) is 2.78. The van der Waals surface area contributed by atoms with E-state index in [0.29, 0.717) is 5.88 Å². The number of benzene rings is 1. The summed E-state index contributed by atoms with van der Waals surface area (Å²) in [7, 11) is 0. The molecule has 0 radical (unpaired) electrons. The van der Waals surface area contributed by atoms with Crippen LogP contribution in [0.4, 0.5) is 5.69 Å². The average molecular weight is 281 g/mol. The van der Waals surface area contributed by atoms with Crippen LogP contribution in [-0.4, -0.2) is 23.9 Å². The standard InChI is InChI=1S/C14H17ClN2O2/c1-11(17(18)19)9-12-3-4-14-13(10-12)5-8-16(14)7-2-6-15/h3-4,9-10H,2,5-8H2,1H3. The number of anilines is 1. The molecule has 0 atom stereocenters. The van der Waals surface area contributed by atoms with E-state index in [4.69, 9.17) is 11.6 Å². The summed E-state index contributed by atoms with van der Waals surface area (Å²) in [6.45, 7) is 3.49. The minimum atomic E-state index is -0.361. The van der Waals surface area contributed by atoms with Crippen molar-refractivity contribution in [3.8, 4) is 0 Å². The Kier molecular flexibility index (Phi) is 4.43. The van der Waals surface area contributed by atoms with Gasteiger partial charge in [-0.05, 0) is 36.1 Å². The van der Waals surface area contributed by atoms with Crippen LogP contribution in [0.25, 0.3) is 6.08 Å². The summed E-state index contributed by atoms with van der Waals surface area (Å²) in [6.07, 6.45) is 3.58. The maximum Gasteiger partial charge on any atom is 0.243 e. The van der Waals surface area contributed by atoms with Gasteiger partial charge in [0.2, 0.25) is 5.70 Å². The molecule has 0 saturated heterocycles. The molecular weight excluding hydrogens is 264 g/mol. The van der Waals surface area contributed by atoms with Crippen LogP contribution >= 0.6 is 11.6 Å². The Balaban J connectivity index is 2.18. The molecule has 0 amide bonds. The van der Waals surface area contributed by atoms with Crippen LogP contribution in [0, 0.1) is 10.1 Å². The zero-order valence-corrected chi connectivity index (χ0v) is 11.7. The number of nitrogens with zero attached hydrogens (tertiary/aromatic N) is 2. The van der Waals surface area contributed by atoms with Crippen LogP contribution in [0.2, 0.25) is 0 Å². The van der Waals surface area contributed by atoms with Crippen LogP contribution in [0.1, 0.15) is 24.5 Å². The third-order valence-corrected chi connectivity index (χ3v) is 3.59. The van der Waals surface area contributed by atoms with Crippen LogP contribution in [0.5, 0.6) is 0 Å². The molecule has 0 fully saturated rings. The second kappa shape index (κ2) is 6.06. The number of hydrogen-bond acceptors (Lipinski definition) is 3. The Hall–Kier alpha value is -1.55. The van der Waals surface area contributed by atoms with Gasteiger partial charge in [0.1, 0.15) is 0 Å². The largest absolute Gasteiger partial charge is 0.371 e. The first-order valence-corrected chi connectivity index (χ1v) is 6.92. The van der Waals surface area contributed by atoms with Gasteiger partial charge in [-0.2, -0.15) is 0 Å². The summed E-state index contributed by atoms with van der Waals surface area (Å²) >= 11 is 5.72. The molecule has 0 N–H and O–H groups in total. The summed E-state index contributed by atoms with van der Waals surface area (Å²) in [5, 5.41) is 10.6. The molecule has 4 nitrogen and oxygen atoms in total. The highest BCUT2D eigenvalue weighted by Crippen LogP contribution is 2.29. The maximum absolute atomic E-state index is 10.6. The minimum Gasteiger partial charge on any atom is -0.371 e. The van der Waals surface area contributed by atoms with Crippen molar-refractivity contribution in [3.63, 3.8) is 0 Å². The SMILES string of the molecule is CC(=Cc1ccc2c(c1)CCN2CCCCl)[N+](=O)[O-]. The lowest BCUT2D eigenvalue weighted by atomic mass is 10.1. The molecule has 0 aromatic heterocycles. The smallest absolute Gasteiger partial charge is 0.243 e. The zero-order valence-electron chi connectivity index (χ0n) is 10.9. The predicted octanol–water partition coefficient (Wildman–Crippen LogP) is 3.32. The molecule has 19 heavy (non-hydrogen) atoms. The van der Waals surface area contributed by atoms with E-state index in [1.807, 2.05) is 12.1 Å². The first-order chi connectivity index (χ1) is 9.11. The van der Waals surface area contributed by atoms with Crippen molar-refractivity contribution in [2.24, 2.45) is 0 Å². The van der Waals surface area contributed by atoms with E-state index in [-0.39, 0.29) is 10.6 Å². The van der Waals surface area contributed by atoms with Gasteiger partial charge in [-0.3, -0.25) is 10.1 Å². The molecule has 0 spiro atoms. The Morgan fingerprint density at radius 3 is 3.05 bits per heavy atom. The lowest BCUT2D eigenvalue weighted by molar-refractivity contribution is -0.422. The van der Waals surface area contributed by atoms with Crippen LogP contribution < -0.4 is 4.90 Å². The predicted molar refractivity (Wildman–Crippen MR) is 78.3 cm³/mol. The zero-order chi connectivity index (χ0) is 13.8. The van der Waals surface area contributed by atoms with E-state index >= 15 is 0 Å². The first kappa shape index (κ1) is 13.9. The van der Waals surface area contributed by atoms with Crippen molar-refractivity contribution in [2.75, 3.05) is 23.9 Å². The molecule has 1 aromatic rings. The quantitative estimate of drug-likeness (QED) is 0.472. The monoisotopic (exact) mass is 280 g/mol. The Morgan fingerprint density at radius 2 is 2.37 bits per heavy atom. The second-order valence-electron chi connectivity index (χ2n) is 4.71. The maximum atomic E-state index is 10.6. The molecule has 0 unspecified atom stereocenters. The van der Waals surface area contributed by atoms with E-state index < -0.39 is 0 Å². The summed E-state index contributed by atoms with van der Waals surface area (Å²) in [5.41, 5.74) is 3.56. The number of hydrogen-bond donors (Lipinski definition) is 0. The van der Waals surface area contributed by atoms with Crippen molar-refractivity contribution < 1.29 is 4.92 Å². The first-order valence-electron chi connectivity index (χ1n) is 6.38. The van der Waals surface area contributed by atoms with Gasteiger partial charge in [-0.15, -0.1) is 11.6 Å². The van der Waals surface area contributed by atoms with E-state index in [9.17, 15) is 10.1 Å². The normalized spacial score (nSPS) is 14.6. The van der Waals surface area contributed by atoms with Gasteiger partial charge in [0.25, 0.3) is 0 Å². The van der Waals surface area contributed by atoms with E-state index in [1.54, 1.807) is 6.08 Å². The van der Waals surface area contributed by atoms with Gasteiger partial charge in [-0.1, -0.05) is 6.07 Å². The number of rotatable bonds is 5. The van der Waals surface area contributed by atoms with Crippen LogP contribution in [0.15, 0.2) is 23.9 Å². The van der Waals surface area contributed by atoms with Crippen LogP contribution in [-0.2, 0) is 6.42 Å². The van der Waals surface area contributed by atoms with Gasteiger partial charge in [0, 0.05) is 37.7 Å². The lowest BCUT2D eigenvalue weighted by Crippen LogP contribution is -2.21. The molecule has 102 valence electrons. The highest BCUT2D eigenvalue weighted by atomic mass is 35.5. The third kappa shape index (κ3) is 3.26. The number of fused-ring (bicyclic) bond motifs is 1. The van der Waals surface area contributed by atoms with Gasteiger partial charge >= 0.3 is 0 Å². The molecule has 0 saturated carbocycles.